The fraction of sp³-hybridized carbons (Fsp3) is 0.500. The first kappa shape index (κ1) is 11.7. The summed E-state index contributed by atoms with van der Waals surface area (Å²) in [5.74, 6) is 1.14. The van der Waals surface area contributed by atoms with E-state index in [0.717, 1.165) is 0 Å². The molecule has 16 heavy (non-hydrogen) atoms. The standard InChI is InChI=1S/C12H17O3P/c13-16(14)15-12-8-6-11(7-9-12)10-4-2-1-3-5-10/h6-10,16H,1-5H2,(H,13,14). The van der Waals surface area contributed by atoms with Crippen molar-refractivity contribution in [1.29, 1.82) is 0 Å². The maximum absolute atomic E-state index is 10.5. The second-order valence-corrected chi connectivity index (χ2v) is 5.01. The molecular formula is C12H17O3P. The van der Waals surface area contributed by atoms with E-state index in [2.05, 4.69) is 0 Å². The molecule has 0 amide bonds. The topological polar surface area (TPSA) is 46.5 Å². The molecule has 0 bridgehead atoms. The van der Waals surface area contributed by atoms with Gasteiger partial charge in [0, 0.05) is 0 Å². The molecule has 4 heteroatoms. The van der Waals surface area contributed by atoms with Gasteiger partial charge in [-0.05, 0) is 36.5 Å². The van der Waals surface area contributed by atoms with Gasteiger partial charge in [-0.3, -0.25) is 0 Å². The molecule has 2 rings (SSSR count). The fourth-order valence-electron chi connectivity index (χ4n) is 2.34. The summed E-state index contributed by atoms with van der Waals surface area (Å²) in [6.45, 7) is 0. The van der Waals surface area contributed by atoms with Gasteiger partial charge in [0.25, 0.3) is 0 Å². The van der Waals surface area contributed by atoms with Crippen molar-refractivity contribution in [2.45, 2.75) is 38.0 Å². The van der Waals surface area contributed by atoms with Crippen LogP contribution in [0.2, 0.25) is 0 Å². The lowest BCUT2D eigenvalue weighted by Crippen LogP contribution is -2.04. The minimum Gasteiger partial charge on any atom is -0.426 e. The second-order valence-electron chi connectivity index (χ2n) is 4.27. The zero-order chi connectivity index (χ0) is 11.4. The Hall–Kier alpha value is -0.790. The van der Waals surface area contributed by atoms with Gasteiger partial charge in [0.15, 0.2) is 0 Å². The maximum Gasteiger partial charge on any atom is 0.365 e. The molecule has 1 unspecified atom stereocenters. The monoisotopic (exact) mass is 240 g/mol. The van der Waals surface area contributed by atoms with E-state index < -0.39 is 8.25 Å². The van der Waals surface area contributed by atoms with Gasteiger partial charge in [-0.1, -0.05) is 31.4 Å². The third-order valence-electron chi connectivity index (χ3n) is 3.16. The van der Waals surface area contributed by atoms with Gasteiger partial charge in [0.2, 0.25) is 0 Å². The molecule has 3 nitrogen and oxygen atoms in total. The van der Waals surface area contributed by atoms with Crippen molar-refractivity contribution < 1.29 is 14.0 Å². The van der Waals surface area contributed by atoms with Crippen LogP contribution in [0.3, 0.4) is 0 Å². The van der Waals surface area contributed by atoms with Crippen LogP contribution in [-0.4, -0.2) is 4.89 Å². The molecular weight excluding hydrogens is 223 g/mol. The molecule has 88 valence electrons. The van der Waals surface area contributed by atoms with Crippen LogP contribution in [0.15, 0.2) is 24.3 Å². The van der Waals surface area contributed by atoms with E-state index in [1.54, 1.807) is 12.1 Å². The van der Waals surface area contributed by atoms with E-state index in [1.807, 2.05) is 12.1 Å². The van der Waals surface area contributed by atoms with Gasteiger partial charge in [0.05, 0.1) is 0 Å². The van der Waals surface area contributed by atoms with Gasteiger partial charge >= 0.3 is 8.25 Å². The molecule has 1 N–H and O–H groups in total. The summed E-state index contributed by atoms with van der Waals surface area (Å²) in [4.78, 5) is 8.65. The number of benzene rings is 1. The Morgan fingerprint density at radius 2 is 1.75 bits per heavy atom. The van der Waals surface area contributed by atoms with Crippen molar-refractivity contribution in [3.8, 4) is 5.75 Å². The van der Waals surface area contributed by atoms with Crippen LogP contribution in [0.4, 0.5) is 0 Å². The highest BCUT2D eigenvalue weighted by atomic mass is 31.1. The number of rotatable bonds is 3. The largest absolute Gasteiger partial charge is 0.426 e. The molecule has 1 fully saturated rings. The lowest BCUT2D eigenvalue weighted by atomic mass is 9.84. The lowest BCUT2D eigenvalue weighted by molar-refractivity contribution is 0.410. The predicted octanol–water partition coefficient (Wildman–Crippen LogP) is 3.50. The number of hydrogen-bond donors (Lipinski definition) is 1. The average Bonchev–Trinajstić information content (AvgIpc) is 2.30. The third kappa shape index (κ3) is 3.10. The Labute approximate surface area is 96.4 Å². The molecule has 0 heterocycles. The van der Waals surface area contributed by atoms with E-state index in [1.165, 1.54) is 37.7 Å². The molecule has 0 saturated heterocycles. The van der Waals surface area contributed by atoms with Gasteiger partial charge < -0.3 is 9.42 Å². The van der Waals surface area contributed by atoms with Crippen LogP contribution >= 0.6 is 8.25 Å². The molecule has 1 aliphatic rings. The minimum absolute atomic E-state index is 0.478. The van der Waals surface area contributed by atoms with Crippen molar-refractivity contribution in [2.75, 3.05) is 0 Å². The van der Waals surface area contributed by atoms with E-state index in [-0.39, 0.29) is 0 Å². The van der Waals surface area contributed by atoms with Crippen molar-refractivity contribution in [3.63, 3.8) is 0 Å². The first-order valence-electron chi connectivity index (χ1n) is 5.76. The highest BCUT2D eigenvalue weighted by molar-refractivity contribution is 7.32. The Balaban J connectivity index is 2.03. The molecule has 1 aliphatic carbocycles. The minimum atomic E-state index is -2.87. The first-order chi connectivity index (χ1) is 7.75. The van der Waals surface area contributed by atoms with Crippen LogP contribution in [0.25, 0.3) is 0 Å². The summed E-state index contributed by atoms with van der Waals surface area (Å²) < 4.78 is 15.3. The first-order valence-corrected chi connectivity index (χ1v) is 7.03. The van der Waals surface area contributed by atoms with Gasteiger partial charge in [-0.15, -0.1) is 0 Å². The highest BCUT2D eigenvalue weighted by Gasteiger charge is 2.15. The molecule has 1 aromatic rings. The Bertz CT molecular complexity index is 355. The third-order valence-corrected chi connectivity index (χ3v) is 3.57. The van der Waals surface area contributed by atoms with Crippen molar-refractivity contribution in [2.24, 2.45) is 0 Å². The van der Waals surface area contributed by atoms with E-state index in [9.17, 15) is 4.57 Å². The molecule has 0 aromatic heterocycles. The summed E-state index contributed by atoms with van der Waals surface area (Å²) >= 11 is 0. The summed E-state index contributed by atoms with van der Waals surface area (Å²) in [6, 6.07) is 7.58. The predicted molar refractivity (Wildman–Crippen MR) is 64.1 cm³/mol. The van der Waals surface area contributed by atoms with Crippen LogP contribution in [0.5, 0.6) is 5.75 Å². The average molecular weight is 240 g/mol. The summed E-state index contributed by atoms with van der Waals surface area (Å²) in [7, 11) is -2.87. The molecule has 0 radical (unpaired) electrons. The molecule has 0 aliphatic heterocycles. The summed E-state index contributed by atoms with van der Waals surface area (Å²) in [5, 5.41) is 0. The Kier molecular flexibility index (Phi) is 4.03. The van der Waals surface area contributed by atoms with E-state index >= 15 is 0 Å². The zero-order valence-electron chi connectivity index (χ0n) is 9.19. The SMILES string of the molecule is O=[PH](O)Oc1ccc(C2CCCCC2)cc1. The Morgan fingerprint density at radius 1 is 1.12 bits per heavy atom. The summed E-state index contributed by atoms with van der Waals surface area (Å²) in [6.07, 6.45) is 6.50. The number of hydrogen-bond acceptors (Lipinski definition) is 2. The lowest BCUT2D eigenvalue weighted by Gasteiger charge is -2.21. The smallest absolute Gasteiger partial charge is 0.365 e. The van der Waals surface area contributed by atoms with E-state index in [0.29, 0.717) is 11.7 Å². The normalized spacial score (nSPS) is 19.3. The zero-order valence-corrected chi connectivity index (χ0v) is 10.2. The van der Waals surface area contributed by atoms with Crippen molar-refractivity contribution >= 4 is 8.25 Å². The van der Waals surface area contributed by atoms with Crippen molar-refractivity contribution in [3.05, 3.63) is 29.8 Å². The summed E-state index contributed by atoms with van der Waals surface area (Å²) in [5.41, 5.74) is 1.32. The Morgan fingerprint density at radius 3 is 2.31 bits per heavy atom. The van der Waals surface area contributed by atoms with Crippen LogP contribution < -0.4 is 4.52 Å². The molecule has 1 atom stereocenters. The van der Waals surface area contributed by atoms with E-state index in [4.69, 9.17) is 9.42 Å². The van der Waals surface area contributed by atoms with Gasteiger partial charge in [0.1, 0.15) is 5.75 Å². The molecule has 1 aromatic carbocycles. The van der Waals surface area contributed by atoms with Crippen LogP contribution in [0.1, 0.15) is 43.6 Å². The molecule has 0 spiro atoms. The second kappa shape index (κ2) is 5.51. The van der Waals surface area contributed by atoms with Gasteiger partial charge in [-0.25, -0.2) is 4.57 Å². The maximum atomic E-state index is 10.5. The quantitative estimate of drug-likeness (QED) is 0.822. The van der Waals surface area contributed by atoms with Crippen LogP contribution in [0, 0.1) is 0 Å². The van der Waals surface area contributed by atoms with Crippen molar-refractivity contribution in [1.82, 2.24) is 0 Å². The van der Waals surface area contributed by atoms with Crippen LogP contribution in [-0.2, 0) is 4.57 Å². The fourth-order valence-corrected chi connectivity index (χ4v) is 2.68. The van der Waals surface area contributed by atoms with Gasteiger partial charge in [-0.2, -0.15) is 0 Å². The highest BCUT2D eigenvalue weighted by Crippen LogP contribution is 2.33. The molecule has 1 saturated carbocycles.